The van der Waals surface area contributed by atoms with E-state index in [4.69, 9.17) is 6.42 Å². The molecular weight excluding hydrogens is 226 g/mol. The van der Waals surface area contributed by atoms with Gasteiger partial charge in [0.15, 0.2) is 0 Å². The van der Waals surface area contributed by atoms with Crippen LogP contribution >= 0.6 is 11.8 Å². The van der Waals surface area contributed by atoms with Gasteiger partial charge < -0.3 is 5.32 Å². The molecule has 1 aliphatic heterocycles. The predicted octanol–water partition coefficient (Wildman–Crippen LogP) is 3.62. The predicted molar refractivity (Wildman–Crippen MR) is 75.2 cm³/mol. The summed E-state index contributed by atoms with van der Waals surface area (Å²) in [6.07, 6.45) is 8.52. The molecule has 1 nitrogen and oxygen atoms in total. The third-order valence-corrected chi connectivity index (χ3v) is 4.38. The minimum absolute atomic E-state index is 0.446. The monoisotopic (exact) mass is 245 g/mol. The lowest BCUT2D eigenvalue weighted by molar-refractivity contribution is 0.416. The van der Waals surface area contributed by atoms with E-state index in [0.717, 1.165) is 12.8 Å². The molecule has 90 valence electrons. The first-order chi connectivity index (χ1) is 8.35. The van der Waals surface area contributed by atoms with Crippen molar-refractivity contribution in [2.24, 2.45) is 0 Å². The van der Waals surface area contributed by atoms with Crippen molar-refractivity contribution in [1.82, 2.24) is 5.32 Å². The van der Waals surface area contributed by atoms with Crippen LogP contribution in [0.25, 0.3) is 0 Å². The molecule has 1 heterocycles. The van der Waals surface area contributed by atoms with Crippen LogP contribution in [0.3, 0.4) is 0 Å². The fourth-order valence-corrected chi connectivity index (χ4v) is 3.39. The van der Waals surface area contributed by atoms with E-state index in [1.807, 2.05) is 11.8 Å². The number of rotatable bonds is 4. The molecule has 2 atom stereocenters. The molecule has 0 aliphatic carbocycles. The Bertz CT molecular complexity index is 408. The lowest BCUT2D eigenvalue weighted by Gasteiger charge is -2.29. The highest BCUT2D eigenvalue weighted by Gasteiger charge is 2.21. The third-order valence-electron chi connectivity index (χ3n) is 3.25. The van der Waals surface area contributed by atoms with Gasteiger partial charge in [-0.15, -0.1) is 24.1 Å². The zero-order valence-corrected chi connectivity index (χ0v) is 11.1. The first kappa shape index (κ1) is 12.5. The maximum Gasteiger partial charge on any atom is 0.0342 e. The van der Waals surface area contributed by atoms with Gasteiger partial charge in [0.1, 0.15) is 0 Å². The van der Waals surface area contributed by atoms with Gasteiger partial charge in [-0.25, -0.2) is 0 Å². The van der Waals surface area contributed by atoms with E-state index in [1.165, 1.54) is 22.6 Å². The van der Waals surface area contributed by atoms with Gasteiger partial charge in [0.25, 0.3) is 0 Å². The summed E-state index contributed by atoms with van der Waals surface area (Å²) in [6.45, 7) is 2.19. The van der Waals surface area contributed by atoms with Crippen LogP contribution in [-0.4, -0.2) is 11.8 Å². The van der Waals surface area contributed by atoms with Crippen molar-refractivity contribution in [3.63, 3.8) is 0 Å². The molecule has 0 saturated carbocycles. The standard InChI is InChI=1S/C15H19NS/c1-3-7-12(4-2)16-14-10-11-17-15-9-6-5-8-13(14)15/h1,5-6,8-9,12,14,16H,4,7,10-11H2,2H3. The van der Waals surface area contributed by atoms with E-state index in [0.29, 0.717) is 12.1 Å². The van der Waals surface area contributed by atoms with Crippen LogP contribution in [0.1, 0.15) is 37.8 Å². The Morgan fingerprint density at radius 2 is 2.35 bits per heavy atom. The molecule has 2 rings (SSSR count). The van der Waals surface area contributed by atoms with Crippen molar-refractivity contribution in [1.29, 1.82) is 0 Å². The number of nitrogens with one attached hydrogen (secondary N) is 1. The first-order valence-corrected chi connectivity index (χ1v) is 7.25. The number of hydrogen-bond acceptors (Lipinski definition) is 2. The Hall–Kier alpha value is -0.910. The van der Waals surface area contributed by atoms with Gasteiger partial charge >= 0.3 is 0 Å². The molecule has 0 amide bonds. The van der Waals surface area contributed by atoms with Crippen LogP contribution in [0.5, 0.6) is 0 Å². The summed E-state index contributed by atoms with van der Waals surface area (Å²) < 4.78 is 0. The Morgan fingerprint density at radius 1 is 1.53 bits per heavy atom. The lowest BCUT2D eigenvalue weighted by Crippen LogP contribution is -2.33. The topological polar surface area (TPSA) is 12.0 Å². The number of thioether (sulfide) groups is 1. The molecule has 17 heavy (non-hydrogen) atoms. The van der Waals surface area contributed by atoms with E-state index in [-0.39, 0.29) is 0 Å². The molecule has 1 aromatic rings. The number of fused-ring (bicyclic) bond motifs is 1. The summed E-state index contributed by atoms with van der Waals surface area (Å²) in [4.78, 5) is 1.42. The van der Waals surface area contributed by atoms with E-state index < -0.39 is 0 Å². The molecule has 1 aliphatic rings. The van der Waals surface area contributed by atoms with Crippen molar-refractivity contribution in [3.8, 4) is 12.3 Å². The van der Waals surface area contributed by atoms with Gasteiger partial charge in [0.05, 0.1) is 0 Å². The molecule has 1 aromatic carbocycles. The lowest BCUT2D eigenvalue weighted by atomic mass is 10.0. The number of terminal acetylenes is 1. The highest BCUT2D eigenvalue weighted by atomic mass is 32.2. The SMILES string of the molecule is C#CCC(CC)NC1CCSc2ccccc21. The molecular formula is C15H19NS. The maximum absolute atomic E-state index is 5.41. The van der Waals surface area contributed by atoms with Crippen LogP contribution in [0.2, 0.25) is 0 Å². The summed E-state index contributed by atoms with van der Waals surface area (Å²) in [7, 11) is 0. The van der Waals surface area contributed by atoms with Crippen molar-refractivity contribution < 1.29 is 0 Å². The largest absolute Gasteiger partial charge is 0.306 e. The zero-order chi connectivity index (χ0) is 12.1. The van der Waals surface area contributed by atoms with Crippen LogP contribution in [-0.2, 0) is 0 Å². The molecule has 2 unspecified atom stereocenters. The normalized spacial score (nSPS) is 20.4. The van der Waals surface area contributed by atoms with E-state index in [9.17, 15) is 0 Å². The summed E-state index contributed by atoms with van der Waals surface area (Å²) in [6, 6.07) is 9.62. The average molecular weight is 245 g/mol. The second-order valence-corrected chi connectivity index (χ2v) is 5.54. The van der Waals surface area contributed by atoms with Crippen molar-refractivity contribution >= 4 is 11.8 Å². The van der Waals surface area contributed by atoms with Crippen molar-refractivity contribution in [2.45, 2.75) is 43.2 Å². The number of benzene rings is 1. The van der Waals surface area contributed by atoms with Gasteiger partial charge in [0.2, 0.25) is 0 Å². The molecule has 1 N–H and O–H groups in total. The van der Waals surface area contributed by atoms with Gasteiger partial charge in [-0.1, -0.05) is 25.1 Å². The van der Waals surface area contributed by atoms with Gasteiger partial charge in [0, 0.05) is 23.4 Å². The Balaban J connectivity index is 2.10. The quantitative estimate of drug-likeness (QED) is 0.813. The molecule has 0 radical (unpaired) electrons. The summed E-state index contributed by atoms with van der Waals surface area (Å²) in [5, 5.41) is 3.71. The second-order valence-electron chi connectivity index (χ2n) is 4.41. The summed E-state index contributed by atoms with van der Waals surface area (Å²) >= 11 is 1.96. The Morgan fingerprint density at radius 3 is 3.12 bits per heavy atom. The van der Waals surface area contributed by atoms with Gasteiger partial charge in [-0.05, 0) is 30.2 Å². The summed E-state index contributed by atoms with van der Waals surface area (Å²) in [5.41, 5.74) is 1.44. The molecule has 0 bridgehead atoms. The third kappa shape index (κ3) is 3.06. The first-order valence-electron chi connectivity index (χ1n) is 6.26. The molecule has 0 fully saturated rings. The average Bonchev–Trinajstić information content (AvgIpc) is 2.38. The summed E-state index contributed by atoms with van der Waals surface area (Å²) in [5.74, 6) is 3.96. The van der Waals surface area contributed by atoms with E-state index in [1.54, 1.807) is 0 Å². The van der Waals surface area contributed by atoms with Crippen LogP contribution in [0.15, 0.2) is 29.2 Å². The van der Waals surface area contributed by atoms with Gasteiger partial charge in [-0.3, -0.25) is 0 Å². The van der Waals surface area contributed by atoms with Crippen LogP contribution in [0.4, 0.5) is 0 Å². The zero-order valence-electron chi connectivity index (χ0n) is 10.3. The molecule has 0 saturated heterocycles. The van der Waals surface area contributed by atoms with Gasteiger partial charge in [-0.2, -0.15) is 0 Å². The van der Waals surface area contributed by atoms with Crippen LogP contribution in [0, 0.1) is 12.3 Å². The van der Waals surface area contributed by atoms with E-state index in [2.05, 4.69) is 42.4 Å². The molecule has 2 heteroatoms. The second kappa shape index (κ2) is 6.14. The smallest absolute Gasteiger partial charge is 0.0342 e. The fraction of sp³-hybridized carbons (Fsp3) is 0.467. The molecule has 0 aromatic heterocycles. The highest BCUT2D eigenvalue weighted by Crippen LogP contribution is 2.36. The number of hydrogen-bond donors (Lipinski definition) is 1. The van der Waals surface area contributed by atoms with Crippen molar-refractivity contribution in [2.75, 3.05) is 5.75 Å². The Labute approximate surface area is 108 Å². The highest BCUT2D eigenvalue weighted by molar-refractivity contribution is 7.99. The maximum atomic E-state index is 5.41. The Kier molecular flexibility index (Phi) is 4.53. The minimum atomic E-state index is 0.446. The van der Waals surface area contributed by atoms with E-state index >= 15 is 0 Å². The molecule has 0 spiro atoms. The van der Waals surface area contributed by atoms with Crippen molar-refractivity contribution in [3.05, 3.63) is 29.8 Å². The fourth-order valence-electron chi connectivity index (χ4n) is 2.26. The van der Waals surface area contributed by atoms with Crippen LogP contribution < -0.4 is 5.32 Å². The minimum Gasteiger partial charge on any atom is -0.306 e.